The van der Waals surface area contributed by atoms with Crippen molar-refractivity contribution in [3.05, 3.63) is 17.5 Å². The summed E-state index contributed by atoms with van der Waals surface area (Å²) in [5.41, 5.74) is -0.666. The minimum Gasteiger partial charge on any atom is -0.361 e. The Labute approximate surface area is 118 Å². The molecule has 20 heavy (non-hydrogen) atoms. The van der Waals surface area contributed by atoms with Crippen molar-refractivity contribution in [2.45, 2.75) is 31.1 Å². The smallest absolute Gasteiger partial charge is 0.218 e. The van der Waals surface area contributed by atoms with Crippen LogP contribution in [0.2, 0.25) is 0 Å². The van der Waals surface area contributed by atoms with Crippen LogP contribution in [0.5, 0.6) is 0 Å². The minimum absolute atomic E-state index is 0.274. The molecule has 0 amide bonds. The fourth-order valence-corrected chi connectivity index (χ4v) is 3.69. The van der Waals surface area contributed by atoms with Crippen LogP contribution in [0.1, 0.15) is 24.3 Å². The summed E-state index contributed by atoms with van der Waals surface area (Å²) in [6.07, 6.45) is 0.966. The summed E-state index contributed by atoms with van der Waals surface area (Å²) >= 11 is 0. The molecule has 0 aliphatic carbocycles. The quantitative estimate of drug-likeness (QED) is 0.863. The zero-order valence-electron chi connectivity index (χ0n) is 11.6. The van der Waals surface area contributed by atoms with E-state index in [-0.39, 0.29) is 5.75 Å². The second kappa shape index (κ2) is 5.52. The topological polar surface area (TPSA) is 99.2 Å². The Balaban J connectivity index is 2.08. The Morgan fingerprint density at radius 1 is 1.55 bits per heavy atom. The molecule has 2 rings (SSSR count). The van der Waals surface area contributed by atoms with E-state index in [2.05, 4.69) is 20.8 Å². The van der Waals surface area contributed by atoms with Crippen molar-refractivity contribution in [3.8, 4) is 6.07 Å². The summed E-state index contributed by atoms with van der Waals surface area (Å²) < 4.78 is 31.7. The molecule has 0 unspecified atom stereocenters. The SMILES string of the molecule is Cc1cc(CS(=O)(=O)NC2(C#N)CCN(C)CC2)no1. The van der Waals surface area contributed by atoms with Gasteiger partial charge in [-0.15, -0.1) is 0 Å². The maximum atomic E-state index is 12.2. The van der Waals surface area contributed by atoms with Crippen LogP contribution in [0, 0.1) is 18.3 Å². The largest absolute Gasteiger partial charge is 0.361 e. The fourth-order valence-electron chi connectivity index (χ4n) is 2.25. The molecule has 1 aromatic heterocycles. The first-order valence-electron chi connectivity index (χ1n) is 6.38. The third-order valence-corrected chi connectivity index (χ3v) is 4.80. The Morgan fingerprint density at radius 2 is 2.20 bits per heavy atom. The molecule has 1 aliphatic heterocycles. The maximum Gasteiger partial charge on any atom is 0.218 e. The van der Waals surface area contributed by atoms with Gasteiger partial charge >= 0.3 is 0 Å². The van der Waals surface area contributed by atoms with Gasteiger partial charge in [0.1, 0.15) is 22.7 Å². The van der Waals surface area contributed by atoms with Crippen LogP contribution in [0.15, 0.2) is 10.6 Å². The van der Waals surface area contributed by atoms with E-state index in [9.17, 15) is 13.7 Å². The van der Waals surface area contributed by atoms with Crippen LogP contribution in [0.25, 0.3) is 0 Å². The van der Waals surface area contributed by atoms with Gasteiger partial charge in [-0.1, -0.05) is 5.16 Å². The molecule has 1 N–H and O–H groups in total. The zero-order valence-corrected chi connectivity index (χ0v) is 12.4. The molecule has 2 heterocycles. The van der Waals surface area contributed by atoms with Crippen molar-refractivity contribution in [1.29, 1.82) is 5.26 Å². The van der Waals surface area contributed by atoms with Gasteiger partial charge in [-0.2, -0.15) is 9.98 Å². The second-order valence-electron chi connectivity index (χ2n) is 5.29. The minimum atomic E-state index is -3.62. The molecule has 0 radical (unpaired) electrons. The highest BCUT2D eigenvalue weighted by Gasteiger charge is 2.37. The summed E-state index contributed by atoms with van der Waals surface area (Å²) in [6.45, 7) is 3.09. The Kier molecular flexibility index (Phi) is 4.13. The Morgan fingerprint density at radius 3 is 2.70 bits per heavy atom. The van der Waals surface area contributed by atoms with Crippen LogP contribution >= 0.6 is 0 Å². The first-order chi connectivity index (χ1) is 9.34. The average Bonchev–Trinajstić information content (AvgIpc) is 2.77. The second-order valence-corrected chi connectivity index (χ2v) is 7.01. The summed E-state index contributed by atoms with van der Waals surface area (Å²) in [4.78, 5) is 2.07. The van der Waals surface area contributed by atoms with E-state index in [0.717, 1.165) is 0 Å². The molecule has 0 saturated carbocycles. The third-order valence-electron chi connectivity index (χ3n) is 3.42. The molecule has 1 aliphatic rings. The monoisotopic (exact) mass is 298 g/mol. The van der Waals surface area contributed by atoms with Gasteiger partial charge in [-0.05, 0) is 26.8 Å². The number of nitrogens with one attached hydrogen (secondary N) is 1. The van der Waals surface area contributed by atoms with E-state index in [1.165, 1.54) is 0 Å². The standard InChI is InChI=1S/C12H18N4O3S/c1-10-7-11(14-19-10)8-20(17,18)15-12(9-13)3-5-16(2)6-4-12/h7,15H,3-6,8H2,1-2H3. The van der Waals surface area contributed by atoms with Crippen molar-refractivity contribution < 1.29 is 12.9 Å². The lowest BCUT2D eigenvalue weighted by Gasteiger charge is -2.35. The van der Waals surface area contributed by atoms with Gasteiger partial charge in [0.2, 0.25) is 10.0 Å². The van der Waals surface area contributed by atoms with Gasteiger partial charge in [0.15, 0.2) is 0 Å². The number of likely N-dealkylation sites (tertiary alicyclic amines) is 1. The highest BCUT2D eigenvalue weighted by atomic mass is 32.2. The van der Waals surface area contributed by atoms with E-state index in [0.29, 0.717) is 37.4 Å². The van der Waals surface area contributed by atoms with Gasteiger partial charge in [0.25, 0.3) is 0 Å². The van der Waals surface area contributed by atoms with Crippen molar-refractivity contribution in [2.75, 3.05) is 20.1 Å². The van der Waals surface area contributed by atoms with Gasteiger partial charge in [0, 0.05) is 19.2 Å². The van der Waals surface area contributed by atoms with Crippen LogP contribution in [-0.4, -0.2) is 44.2 Å². The van der Waals surface area contributed by atoms with E-state index in [4.69, 9.17) is 4.52 Å². The summed E-state index contributed by atoms with van der Waals surface area (Å²) in [5, 5.41) is 13.0. The molecule has 1 saturated heterocycles. The number of aryl methyl sites for hydroxylation is 1. The number of hydrogen-bond acceptors (Lipinski definition) is 6. The lowest BCUT2D eigenvalue weighted by atomic mass is 9.91. The molecular formula is C12H18N4O3S. The van der Waals surface area contributed by atoms with Crippen LogP contribution in [0.3, 0.4) is 0 Å². The van der Waals surface area contributed by atoms with Crippen LogP contribution < -0.4 is 4.72 Å². The molecule has 0 aromatic carbocycles. The highest BCUT2D eigenvalue weighted by molar-refractivity contribution is 7.88. The Hall–Kier alpha value is -1.43. The third kappa shape index (κ3) is 3.56. The number of piperidine rings is 1. The number of nitrogens with zero attached hydrogens (tertiary/aromatic N) is 3. The Bertz CT molecular complexity index is 609. The first-order valence-corrected chi connectivity index (χ1v) is 8.03. The molecule has 0 spiro atoms. The van der Waals surface area contributed by atoms with Gasteiger partial charge < -0.3 is 9.42 Å². The maximum absolute atomic E-state index is 12.2. The van der Waals surface area contributed by atoms with Gasteiger partial charge in [-0.3, -0.25) is 0 Å². The molecule has 1 aromatic rings. The highest BCUT2D eigenvalue weighted by Crippen LogP contribution is 2.22. The van der Waals surface area contributed by atoms with Crippen LogP contribution in [-0.2, 0) is 15.8 Å². The summed E-state index contributed by atoms with van der Waals surface area (Å²) in [7, 11) is -1.67. The summed E-state index contributed by atoms with van der Waals surface area (Å²) in [6, 6.07) is 3.70. The molecule has 1 fully saturated rings. The van der Waals surface area contributed by atoms with Gasteiger partial charge in [-0.25, -0.2) is 8.42 Å². The predicted octanol–water partition coefficient (Wildman–Crippen LogP) is 0.390. The van der Waals surface area contributed by atoms with Gasteiger partial charge in [0.05, 0.1) is 6.07 Å². The molecule has 0 atom stereocenters. The number of aromatic nitrogens is 1. The number of rotatable bonds is 4. The molecule has 7 nitrogen and oxygen atoms in total. The van der Waals surface area contributed by atoms with Crippen molar-refractivity contribution in [2.24, 2.45) is 0 Å². The van der Waals surface area contributed by atoms with E-state index < -0.39 is 15.6 Å². The molecular weight excluding hydrogens is 280 g/mol. The van der Waals surface area contributed by atoms with E-state index >= 15 is 0 Å². The number of hydrogen-bond donors (Lipinski definition) is 1. The van der Waals surface area contributed by atoms with E-state index in [1.807, 2.05) is 7.05 Å². The lowest BCUT2D eigenvalue weighted by molar-refractivity contribution is 0.213. The van der Waals surface area contributed by atoms with Crippen molar-refractivity contribution >= 4 is 10.0 Å². The summed E-state index contributed by atoms with van der Waals surface area (Å²) in [5.74, 6) is 0.286. The predicted molar refractivity (Wildman–Crippen MR) is 72.1 cm³/mol. The molecule has 8 heteroatoms. The van der Waals surface area contributed by atoms with Crippen molar-refractivity contribution in [3.63, 3.8) is 0 Å². The first kappa shape index (κ1) is 15.0. The van der Waals surface area contributed by atoms with E-state index in [1.54, 1.807) is 13.0 Å². The normalized spacial score (nSPS) is 19.6. The molecule has 110 valence electrons. The fraction of sp³-hybridized carbons (Fsp3) is 0.667. The lowest BCUT2D eigenvalue weighted by Crippen LogP contribution is -2.53. The average molecular weight is 298 g/mol. The number of sulfonamides is 1. The zero-order chi connectivity index (χ0) is 14.8. The number of nitriles is 1. The van der Waals surface area contributed by atoms with Crippen molar-refractivity contribution in [1.82, 2.24) is 14.8 Å². The molecule has 0 bridgehead atoms. The van der Waals surface area contributed by atoms with Crippen LogP contribution in [0.4, 0.5) is 0 Å².